The Hall–Kier alpha value is -4.30. The Morgan fingerprint density at radius 3 is 2.67 bits per heavy atom. The molecule has 1 amide bonds. The lowest BCUT2D eigenvalue weighted by molar-refractivity contribution is 0.0746. The first kappa shape index (κ1) is 22.2. The van der Waals surface area contributed by atoms with Crippen LogP contribution >= 0.6 is 0 Å². The average Bonchev–Trinajstić information content (AvgIpc) is 3.65. The highest BCUT2D eigenvalue weighted by atomic mass is 16.2. The molecule has 5 aromatic rings. The van der Waals surface area contributed by atoms with E-state index in [0.717, 1.165) is 34.9 Å². The maximum absolute atomic E-state index is 13.2. The molecule has 4 heterocycles. The Bertz CT molecular complexity index is 1560. The van der Waals surface area contributed by atoms with Crippen molar-refractivity contribution in [3.63, 3.8) is 0 Å². The Morgan fingerprint density at radius 2 is 1.89 bits per heavy atom. The number of nitrogens with two attached hydrogens (primary N) is 1. The number of benzene rings is 2. The zero-order chi connectivity index (χ0) is 24.6. The predicted octanol–water partition coefficient (Wildman–Crippen LogP) is 4.37. The molecule has 0 saturated carbocycles. The van der Waals surface area contributed by atoms with E-state index < -0.39 is 0 Å². The number of nitrogens with zero attached hydrogens (tertiary/aromatic N) is 4. The van der Waals surface area contributed by atoms with Crippen molar-refractivity contribution in [1.29, 1.82) is 0 Å². The van der Waals surface area contributed by atoms with Crippen LogP contribution in [0, 0.1) is 6.92 Å². The summed E-state index contributed by atoms with van der Waals surface area (Å²) in [4.78, 5) is 27.2. The van der Waals surface area contributed by atoms with Crippen molar-refractivity contribution in [3.8, 4) is 22.6 Å². The van der Waals surface area contributed by atoms with Crippen LogP contribution in [0.25, 0.3) is 33.5 Å². The summed E-state index contributed by atoms with van der Waals surface area (Å²) in [5, 5.41) is 8.53. The second kappa shape index (κ2) is 9.05. The van der Waals surface area contributed by atoms with Gasteiger partial charge in [0.1, 0.15) is 11.4 Å². The molecule has 8 heteroatoms. The van der Waals surface area contributed by atoms with Crippen LogP contribution in [0.2, 0.25) is 0 Å². The van der Waals surface area contributed by atoms with Gasteiger partial charge in [-0.1, -0.05) is 30.3 Å². The summed E-state index contributed by atoms with van der Waals surface area (Å²) in [6.07, 6.45) is 7.27. The monoisotopic (exact) mass is 477 g/mol. The van der Waals surface area contributed by atoms with Gasteiger partial charge in [0, 0.05) is 36.4 Å². The fourth-order valence-corrected chi connectivity index (χ4v) is 4.96. The smallest absolute Gasteiger partial charge is 0.272 e. The molecule has 2 aromatic carbocycles. The van der Waals surface area contributed by atoms with Gasteiger partial charge in [-0.25, -0.2) is 4.98 Å². The number of fused-ring (bicyclic) bond motifs is 2. The van der Waals surface area contributed by atoms with Crippen LogP contribution in [0.5, 0.6) is 0 Å². The quantitative estimate of drug-likeness (QED) is 0.336. The van der Waals surface area contributed by atoms with E-state index in [1.165, 1.54) is 22.3 Å². The zero-order valence-corrected chi connectivity index (χ0v) is 20.1. The molecule has 0 atom stereocenters. The number of amides is 1. The second-order valence-electron chi connectivity index (χ2n) is 9.27. The van der Waals surface area contributed by atoms with E-state index in [2.05, 4.69) is 56.3 Å². The van der Waals surface area contributed by atoms with E-state index in [-0.39, 0.29) is 5.91 Å². The van der Waals surface area contributed by atoms with E-state index in [0.29, 0.717) is 36.8 Å². The summed E-state index contributed by atoms with van der Waals surface area (Å²) in [7, 11) is 0. The molecule has 4 N–H and O–H groups in total. The van der Waals surface area contributed by atoms with Gasteiger partial charge < -0.3 is 15.6 Å². The van der Waals surface area contributed by atoms with Crippen molar-refractivity contribution in [2.24, 2.45) is 5.73 Å². The average molecular weight is 478 g/mol. The lowest BCUT2D eigenvalue weighted by Gasteiger charge is -2.13. The number of pyridine rings is 1. The molecule has 180 valence electrons. The highest BCUT2D eigenvalue weighted by Gasteiger charge is 2.25. The van der Waals surface area contributed by atoms with E-state index in [4.69, 9.17) is 5.73 Å². The van der Waals surface area contributed by atoms with E-state index in [1.807, 2.05) is 35.5 Å². The van der Waals surface area contributed by atoms with Crippen LogP contribution in [-0.4, -0.2) is 42.5 Å². The molecule has 1 aliphatic rings. The summed E-state index contributed by atoms with van der Waals surface area (Å²) < 4.78 is 0. The minimum Gasteiger partial charge on any atom is -0.333 e. The highest BCUT2D eigenvalue weighted by molar-refractivity contribution is 5.96. The van der Waals surface area contributed by atoms with Gasteiger partial charge in [0.25, 0.3) is 5.91 Å². The Kier molecular flexibility index (Phi) is 5.58. The highest BCUT2D eigenvalue weighted by Crippen LogP contribution is 2.32. The van der Waals surface area contributed by atoms with Crippen molar-refractivity contribution >= 4 is 16.8 Å². The molecule has 0 fully saturated rings. The molecule has 0 spiro atoms. The van der Waals surface area contributed by atoms with Gasteiger partial charge in [0.05, 0.1) is 11.7 Å². The number of aryl methyl sites for hydroxylation is 1. The van der Waals surface area contributed by atoms with Crippen LogP contribution in [0.1, 0.15) is 39.2 Å². The van der Waals surface area contributed by atoms with Crippen molar-refractivity contribution < 1.29 is 4.79 Å². The van der Waals surface area contributed by atoms with Gasteiger partial charge in [-0.05, 0) is 66.3 Å². The second-order valence-corrected chi connectivity index (χ2v) is 9.27. The number of carbonyl (C=O) groups excluding carboxylic acids is 1. The third kappa shape index (κ3) is 3.85. The number of aromatic amines is 2. The topological polar surface area (TPSA) is 117 Å². The molecule has 6 rings (SSSR count). The molecule has 3 aromatic heterocycles. The van der Waals surface area contributed by atoms with Crippen molar-refractivity contribution in [2.45, 2.75) is 32.9 Å². The summed E-state index contributed by atoms with van der Waals surface area (Å²) >= 11 is 0. The third-order valence-corrected chi connectivity index (χ3v) is 7.00. The van der Waals surface area contributed by atoms with Crippen molar-refractivity contribution in [2.75, 3.05) is 6.54 Å². The normalized spacial score (nSPS) is 12.9. The Labute approximate surface area is 208 Å². The Morgan fingerprint density at radius 1 is 1.08 bits per heavy atom. The molecule has 0 aliphatic carbocycles. The third-order valence-electron chi connectivity index (χ3n) is 7.00. The number of aromatic nitrogens is 5. The molecule has 36 heavy (non-hydrogen) atoms. The number of rotatable bonds is 6. The molecule has 8 nitrogen and oxygen atoms in total. The largest absolute Gasteiger partial charge is 0.333 e. The van der Waals surface area contributed by atoms with Gasteiger partial charge in [-0.2, -0.15) is 5.10 Å². The van der Waals surface area contributed by atoms with Crippen LogP contribution < -0.4 is 5.73 Å². The summed E-state index contributed by atoms with van der Waals surface area (Å²) in [5.41, 5.74) is 14.7. The lowest BCUT2D eigenvalue weighted by atomic mass is 9.96. The zero-order valence-electron chi connectivity index (χ0n) is 20.1. The summed E-state index contributed by atoms with van der Waals surface area (Å²) in [5.74, 6) is 0.492. The van der Waals surface area contributed by atoms with Gasteiger partial charge in [-0.3, -0.25) is 14.9 Å². The summed E-state index contributed by atoms with van der Waals surface area (Å²) in [6, 6.07) is 14.3. The van der Waals surface area contributed by atoms with Gasteiger partial charge in [0.15, 0.2) is 5.82 Å². The molecule has 0 unspecified atom stereocenters. The van der Waals surface area contributed by atoms with E-state index in [1.54, 1.807) is 6.20 Å². The van der Waals surface area contributed by atoms with Crippen LogP contribution in [0.3, 0.4) is 0 Å². The Balaban J connectivity index is 1.30. The van der Waals surface area contributed by atoms with Crippen molar-refractivity contribution in [1.82, 2.24) is 30.0 Å². The van der Waals surface area contributed by atoms with Gasteiger partial charge in [0.2, 0.25) is 0 Å². The number of carbonyl (C=O) groups is 1. The van der Waals surface area contributed by atoms with Gasteiger partial charge >= 0.3 is 0 Å². The van der Waals surface area contributed by atoms with Crippen LogP contribution in [0.4, 0.5) is 0 Å². The first-order valence-electron chi connectivity index (χ1n) is 12.2. The summed E-state index contributed by atoms with van der Waals surface area (Å²) in [6.45, 7) is 4.00. The minimum atomic E-state index is -0.0681. The first-order valence-corrected chi connectivity index (χ1v) is 12.2. The SMILES string of the molecule is Cc1c(CCCN)cncc1-c1ccc2[nH]nc(-c3ncc(C(=O)N4Cc5ccccc5C4)[nH]3)c2c1. The molecule has 0 saturated heterocycles. The van der Waals surface area contributed by atoms with Crippen LogP contribution in [0.15, 0.2) is 61.1 Å². The number of imidazole rings is 1. The van der Waals surface area contributed by atoms with Crippen molar-refractivity contribution in [3.05, 3.63) is 89.0 Å². The predicted molar refractivity (Wildman–Crippen MR) is 139 cm³/mol. The maximum atomic E-state index is 13.2. The van der Waals surface area contributed by atoms with Gasteiger partial charge in [-0.15, -0.1) is 0 Å². The fraction of sp³-hybridized carbons (Fsp3) is 0.214. The first-order chi connectivity index (χ1) is 17.6. The maximum Gasteiger partial charge on any atom is 0.272 e. The number of hydrogen-bond donors (Lipinski definition) is 3. The van der Waals surface area contributed by atoms with E-state index in [9.17, 15) is 4.79 Å². The minimum absolute atomic E-state index is 0.0681. The molecule has 0 bridgehead atoms. The number of nitrogens with one attached hydrogen (secondary N) is 2. The molecule has 1 aliphatic heterocycles. The van der Waals surface area contributed by atoms with E-state index >= 15 is 0 Å². The lowest BCUT2D eigenvalue weighted by Crippen LogP contribution is -2.25. The van der Waals surface area contributed by atoms with Crippen LogP contribution in [-0.2, 0) is 19.5 Å². The standard InChI is InChI=1S/C28H27N7O/c1-17-19(7-4-10-29)12-30-13-23(17)18-8-9-24-22(11-18)26(34-33-24)27-31-14-25(32-27)28(36)35-15-20-5-2-3-6-21(20)16-35/h2-3,5-6,8-9,11-14H,4,7,10,15-16,29H2,1H3,(H,31,32)(H,33,34). The molecule has 0 radical (unpaired) electrons. The molecular formula is C28H27N7O. The number of H-pyrrole nitrogens is 2. The fourth-order valence-electron chi connectivity index (χ4n) is 4.96. The molecular weight excluding hydrogens is 450 g/mol. The number of hydrogen-bond acceptors (Lipinski definition) is 5.